The maximum Gasteiger partial charge on any atom is 0.408 e. The van der Waals surface area contributed by atoms with E-state index in [1.54, 1.807) is 12.3 Å². The number of hydrogen-bond acceptors (Lipinski definition) is 5. The third-order valence-electron chi connectivity index (χ3n) is 4.56. The van der Waals surface area contributed by atoms with Gasteiger partial charge in [-0.2, -0.15) is 0 Å². The van der Waals surface area contributed by atoms with E-state index in [2.05, 4.69) is 31.1 Å². The minimum Gasteiger partial charge on any atom is -0.508 e. The summed E-state index contributed by atoms with van der Waals surface area (Å²) in [4.78, 5) is 16.8. The zero-order chi connectivity index (χ0) is 20.9. The van der Waals surface area contributed by atoms with Crippen LogP contribution in [0.15, 0.2) is 60.1 Å². The van der Waals surface area contributed by atoms with Crippen molar-refractivity contribution in [3.05, 3.63) is 81.8 Å². The summed E-state index contributed by atoms with van der Waals surface area (Å²) in [6, 6.07) is 14.8. The molecular weight excluding hydrogens is 384 g/mol. The second kappa shape index (κ2) is 9.09. The summed E-state index contributed by atoms with van der Waals surface area (Å²) in [6.45, 7) is 6.39. The molecule has 0 saturated carbocycles. The van der Waals surface area contributed by atoms with E-state index < -0.39 is 6.09 Å². The molecule has 5 nitrogen and oxygen atoms in total. The molecule has 29 heavy (non-hydrogen) atoms. The zero-order valence-electron chi connectivity index (χ0n) is 16.9. The molecule has 0 bridgehead atoms. The van der Waals surface area contributed by atoms with Gasteiger partial charge in [0, 0.05) is 11.6 Å². The number of amides is 1. The molecule has 1 atom stereocenters. The van der Waals surface area contributed by atoms with Crippen LogP contribution in [0, 0.1) is 0 Å². The number of alkyl carbamates (subject to hydrolysis) is 1. The third-order valence-corrected chi connectivity index (χ3v) is 5.45. The second-order valence-electron chi connectivity index (χ2n) is 7.93. The van der Waals surface area contributed by atoms with Gasteiger partial charge in [0.15, 0.2) is 0 Å². The Bertz CT molecular complexity index is 935. The van der Waals surface area contributed by atoms with Crippen molar-refractivity contribution in [3.63, 3.8) is 0 Å². The molecule has 1 unspecified atom stereocenters. The predicted molar refractivity (Wildman–Crippen MR) is 115 cm³/mol. The first-order valence-electron chi connectivity index (χ1n) is 9.52. The van der Waals surface area contributed by atoms with Gasteiger partial charge in [0.05, 0.1) is 6.04 Å². The Morgan fingerprint density at radius 2 is 1.93 bits per heavy atom. The zero-order valence-corrected chi connectivity index (χ0v) is 17.7. The molecule has 3 aromatic rings. The first-order valence-corrected chi connectivity index (χ1v) is 10.4. The smallest absolute Gasteiger partial charge is 0.408 e. The minimum absolute atomic E-state index is 0.182. The number of rotatable bonds is 6. The molecule has 1 heterocycles. The van der Waals surface area contributed by atoms with E-state index in [-0.39, 0.29) is 23.8 Å². The van der Waals surface area contributed by atoms with Crippen LogP contribution in [0.4, 0.5) is 4.79 Å². The quantitative estimate of drug-likeness (QED) is 0.574. The molecule has 0 radical (unpaired) electrons. The van der Waals surface area contributed by atoms with E-state index in [9.17, 15) is 9.90 Å². The standard InChI is InChI=1S/C23H26N2O3S/c1-23(2,3)18-13-17(9-10-20(18)26)14-19(21-24-11-12-29-21)25-22(27)28-15-16-7-5-4-6-8-16/h4-13,19,26H,14-15H2,1-3H3,(H,25,27). The number of phenols is 1. The Labute approximate surface area is 175 Å². The number of phenolic OH excluding ortho intramolecular Hbond substituents is 1. The Kier molecular flexibility index (Phi) is 6.54. The second-order valence-corrected chi connectivity index (χ2v) is 8.86. The molecule has 1 aromatic heterocycles. The van der Waals surface area contributed by atoms with E-state index in [4.69, 9.17) is 4.74 Å². The molecule has 2 N–H and O–H groups in total. The fourth-order valence-corrected chi connectivity index (χ4v) is 3.75. The number of benzene rings is 2. The van der Waals surface area contributed by atoms with Crippen LogP contribution in [-0.2, 0) is 23.2 Å². The lowest BCUT2D eigenvalue weighted by Gasteiger charge is -2.22. The molecule has 0 saturated heterocycles. The maximum atomic E-state index is 12.4. The van der Waals surface area contributed by atoms with Crippen LogP contribution in [-0.4, -0.2) is 16.2 Å². The van der Waals surface area contributed by atoms with Gasteiger partial charge < -0.3 is 15.2 Å². The van der Waals surface area contributed by atoms with Crippen molar-refractivity contribution >= 4 is 17.4 Å². The maximum absolute atomic E-state index is 12.4. The number of thiazole rings is 1. The first-order chi connectivity index (χ1) is 13.8. The van der Waals surface area contributed by atoms with Gasteiger partial charge >= 0.3 is 6.09 Å². The summed E-state index contributed by atoms with van der Waals surface area (Å²) >= 11 is 1.49. The fourth-order valence-electron chi connectivity index (χ4n) is 3.06. The highest BCUT2D eigenvalue weighted by Crippen LogP contribution is 2.32. The highest BCUT2D eigenvalue weighted by Gasteiger charge is 2.22. The van der Waals surface area contributed by atoms with E-state index in [1.807, 2.05) is 47.8 Å². The van der Waals surface area contributed by atoms with E-state index in [0.717, 1.165) is 21.7 Å². The molecule has 6 heteroatoms. The van der Waals surface area contributed by atoms with Crippen molar-refractivity contribution in [2.45, 2.75) is 45.3 Å². The number of ether oxygens (including phenoxy) is 1. The molecule has 0 spiro atoms. The molecule has 2 aromatic carbocycles. The van der Waals surface area contributed by atoms with Crippen LogP contribution in [0.5, 0.6) is 5.75 Å². The topological polar surface area (TPSA) is 71.5 Å². The van der Waals surface area contributed by atoms with Crippen molar-refractivity contribution in [2.24, 2.45) is 0 Å². The van der Waals surface area contributed by atoms with Crippen LogP contribution < -0.4 is 5.32 Å². The molecular formula is C23H26N2O3S. The third kappa shape index (κ3) is 5.81. The van der Waals surface area contributed by atoms with Crippen molar-refractivity contribution in [3.8, 4) is 5.75 Å². The number of nitrogens with one attached hydrogen (secondary N) is 1. The summed E-state index contributed by atoms with van der Waals surface area (Å²) in [5.41, 5.74) is 2.64. The van der Waals surface area contributed by atoms with Gasteiger partial charge in [0.1, 0.15) is 17.4 Å². The van der Waals surface area contributed by atoms with Gasteiger partial charge in [-0.3, -0.25) is 0 Å². The molecule has 0 aliphatic heterocycles. The molecule has 0 aliphatic rings. The van der Waals surface area contributed by atoms with Crippen LogP contribution in [0.3, 0.4) is 0 Å². The Hall–Kier alpha value is -2.86. The van der Waals surface area contributed by atoms with Gasteiger partial charge in [0.25, 0.3) is 0 Å². The minimum atomic E-state index is -0.483. The number of hydrogen-bond donors (Lipinski definition) is 2. The van der Waals surface area contributed by atoms with Gasteiger partial charge in [0.2, 0.25) is 0 Å². The predicted octanol–water partition coefficient (Wildman–Crippen LogP) is 5.36. The molecule has 0 fully saturated rings. The Morgan fingerprint density at radius 1 is 1.17 bits per heavy atom. The normalized spacial score (nSPS) is 12.4. The Balaban J connectivity index is 1.72. The largest absolute Gasteiger partial charge is 0.508 e. The molecule has 152 valence electrons. The molecule has 0 aliphatic carbocycles. The lowest BCUT2D eigenvalue weighted by Crippen LogP contribution is -2.30. The first kappa shape index (κ1) is 20.9. The average Bonchev–Trinajstić information content (AvgIpc) is 3.22. The highest BCUT2D eigenvalue weighted by atomic mass is 32.1. The van der Waals surface area contributed by atoms with Crippen LogP contribution in [0.1, 0.15) is 48.5 Å². The van der Waals surface area contributed by atoms with Gasteiger partial charge in [-0.05, 0) is 34.6 Å². The van der Waals surface area contributed by atoms with Crippen molar-refractivity contribution < 1.29 is 14.6 Å². The number of aromatic nitrogens is 1. The van der Waals surface area contributed by atoms with Crippen LogP contribution in [0.25, 0.3) is 0 Å². The van der Waals surface area contributed by atoms with Gasteiger partial charge in [-0.25, -0.2) is 9.78 Å². The lowest BCUT2D eigenvalue weighted by molar-refractivity contribution is 0.135. The Morgan fingerprint density at radius 3 is 2.59 bits per heavy atom. The van der Waals surface area contributed by atoms with Crippen molar-refractivity contribution in [1.29, 1.82) is 0 Å². The van der Waals surface area contributed by atoms with Gasteiger partial charge in [-0.15, -0.1) is 11.3 Å². The molecule has 1 amide bonds. The summed E-state index contributed by atoms with van der Waals surface area (Å²) in [5.74, 6) is 0.280. The average molecular weight is 411 g/mol. The summed E-state index contributed by atoms with van der Waals surface area (Å²) in [6.07, 6.45) is 1.79. The summed E-state index contributed by atoms with van der Waals surface area (Å²) in [7, 11) is 0. The van der Waals surface area contributed by atoms with Crippen molar-refractivity contribution in [1.82, 2.24) is 10.3 Å². The summed E-state index contributed by atoms with van der Waals surface area (Å²) in [5, 5.41) is 15.8. The van der Waals surface area contributed by atoms with Crippen molar-refractivity contribution in [2.75, 3.05) is 0 Å². The van der Waals surface area contributed by atoms with Crippen LogP contribution in [0.2, 0.25) is 0 Å². The van der Waals surface area contributed by atoms with Gasteiger partial charge in [-0.1, -0.05) is 63.2 Å². The lowest BCUT2D eigenvalue weighted by atomic mass is 9.85. The number of carbonyl (C=O) groups is 1. The number of carbonyl (C=O) groups excluding carboxylic acids is 1. The van der Waals surface area contributed by atoms with Crippen LogP contribution >= 0.6 is 11.3 Å². The van der Waals surface area contributed by atoms with E-state index in [1.165, 1.54) is 11.3 Å². The van der Waals surface area contributed by atoms with E-state index >= 15 is 0 Å². The SMILES string of the molecule is CC(C)(C)c1cc(CC(NC(=O)OCc2ccccc2)c2nccs2)ccc1O. The fraction of sp³-hybridized carbons (Fsp3) is 0.304. The monoisotopic (exact) mass is 410 g/mol. The molecule has 3 rings (SSSR count). The summed E-state index contributed by atoms with van der Waals surface area (Å²) < 4.78 is 5.38. The van der Waals surface area contributed by atoms with E-state index in [0.29, 0.717) is 6.42 Å². The number of nitrogens with zero attached hydrogens (tertiary/aromatic N) is 1. The number of aromatic hydroxyl groups is 1. The highest BCUT2D eigenvalue weighted by molar-refractivity contribution is 7.09.